The number of aliphatic hydroxyl groups is 1. The monoisotopic (exact) mass is 314 g/mol. The fourth-order valence-corrected chi connectivity index (χ4v) is 3.73. The molecule has 0 radical (unpaired) electrons. The minimum Gasteiger partial charge on any atom is -0.446 e. The molecule has 1 aromatic heterocycles. The molecule has 1 aliphatic heterocycles. The number of oxazole rings is 1. The lowest BCUT2D eigenvalue weighted by molar-refractivity contribution is 0.0282. The zero-order chi connectivity index (χ0) is 16.3. The lowest BCUT2D eigenvalue weighted by Crippen LogP contribution is -2.46. The number of likely N-dealkylation sites (tertiary alicyclic amines) is 1. The Morgan fingerprint density at radius 2 is 2.04 bits per heavy atom. The van der Waals surface area contributed by atoms with Crippen LogP contribution in [0.5, 0.6) is 0 Å². The summed E-state index contributed by atoms with van der Waals surface area (Å²) in [5.41, 5.74) is 2.28. The van der Waals surface area contributed by atoms with Crippen molar-refractivity contribution in [2.45, 2.75) is 39.7 Å². The number of aliphatic hydroxyl groups excluding tert-OH is 1. The van der Waals surface area contributed by atoms with Crippen molar-refractivity contribution in [1.82, 2.24) is 9.88 Å². The van der Waals surface area contributed by atoms with Crippen molar-refractivity contribution in [1.29, 1.82) is 0 Å². The van der Waals surface area contributed by atoms with Gasteiger partial charge in [0.1, 0.15) is 5.76 Å². The Morgan fingerprint density at radius 3 is 2.70 bits per heavy atom. The van der Waals surface area contributed by atoms with E-state index in [0.717, 1.165) is 56.2 Å². The lowest BCUT2D eigenvalue weighted by Gasteiger charge is -2.42. The summed E-state index contributed by atoms with van der Waals surface area (Å²) in [6.45, 7) is 6.86. The molecule has 1 N–H and O–H groups in total. The molecule has 1 aromatic carbocycles. The van der Waals surface area contributed by atoms with Crippen LogP contribution in [0.2, 0.25) is 0 Å². The Balaban J connectivity index is 1.71. The molecule has 4 heteroatoms. The van der Waals surface area contributed by atoms with Crippen LogP contribution >= 0.6 is 0 Å². The van der Waals surface area contributed by atoms with Crippen molar-refractivity contribution in [2.24, 2.45) is 5.41 Å². The maximum atomic E-state index is 10.1. The molecule has 23 heavy (non-hydrogen) atoms. The van der Waals surface area contributed by atoms with Gasteiger partial charge in [0, 0.05) is 25.4 Å². The van der Waals surface area contributed by atoms with Crippen LogP contribution in [0.1, 0.15) is 35.7 Å². The predicted molar refractivity (Wildman–Crippen MR) is 90.2 cm³/mol. The topological polar surface area (TPSA) is 49.5 Å². The van der Waals surface area contributed by atoms with E-state index in [1.807, 2.05) is 19.9 Å². The Kier molecular flexibility index (Phi) is 4.83. The highest BCUT2D eigenvalue weighted by Crippen LogP contribution is 2.34. The first-order valence-electron chi connectivity index (χ1n) is 8.40. The van der Waals surface area contributed by atoms with E-state index in [1.165, 1.54) is 5.56 Å². The number of aromatic nitrogens is 1. The molecule has 1 aliphatic rings. The molecule has 0 aliphatic carbocycles. The first-order chi connectivity index (χ1) is 11.1. The molecule has 0 spiro atoms. The molecule has 1 saturated heterocycles. The molecule has 2 heterocycles. The van der Waals surface area contributed by atoms with Gasteiger partial charge in [-0.25, -0.2) is 4.98 Å². The van der Waals surface area contributed by atoms with Gasteiger partial charge in [-0.3, -0.25) is 4.90 Å². The number of hydrogen-bond acceptors (Lipinski definition) is 4. The average Bonchev–Trinajstić information content (AvgIpc) is 2.86. The third kappa shape index (κ3) is 3.82. The molecular formula is C19H26N2O2. The molecule has 2 aromatic rings. The van der Waals surface area contributed by atoms with Crippen LogP contribution in [-0.4, -0.2) is 34.7 Å². The summed E-state index contributed by atoms with van der Waals surface area (Å²) >= 11 is 0. The van der Waals surface area contributed by atoms with Crippen LogP contribution in [-0.2, 0) is 13.0 Å². The molecule has 124 valence electrons. The fraction of sp³-hybridized carbons (Fsp3) is 0.526. The second kappa shape index (κ2) is 6.85. The second-order valence-corrected chi connectivity index (χ2v) is 6.87. The van der Waals surface area contributed by atoms with Gasteiger partial charge >= 0.3 is 0 Å². The average molecular weight is 314 g/mol. The van der Waals surface area contributed by atoms with Crippen LogP contribution in [0, 0.1) is 19.3 Å². The maximum Gasteiger partial charge on any atom is 0.191 e. The summed E-state index contributed by atoms with van der Waals surface area (Å²) in [4.78, 5) is 6.90. The highest BCUT2D eigenvalue weighted by atomic mass is 16.4. The van der Waals surface area contributed by atoms with Crippen molar-refractivity contribution >= 4 is 0 Å². The van der Waals surface area contributed by atoms with Crippen LogP contribution in [0.3, 0.4) is 0 Å². The minimum absolute atomic E-state index is 0.0493. The van der Waals surface area contributed by atoms with Crippen LogP contribution in [0.15, 0.2) is 34.7 Å². The molecular weight excluding hydrogens is 288 g/mol. The standard InChI is InChI=1S/C19H26N2O2/c1-15-18(20-16(2)23-15)12-21-10-6-9-19(13-21,14-22)11-17-7-4-3-5-8-17/h3-5,7-8,22H,6,9-14H2,1-2H3. The van der Waals surface area contributed by atoms with Crippen LogP contribution in [0.4, 0.5) is 0 Å². The largest absolute Gasteiger partial charge is 0.446 e. The van der Waals surface area contributed by atoms with E-state index in [2.05, 4.69) is 34.1 Å². The third-order valence-electron chi connectivity index (χ3n) is 4.87. The zero-order valence-electron chi connectivity index (χ0n) is 14.1. The highest BCUT2D eigenvalue weighted by Gasteiger charge is 2.35. The minimum atomic E-state index is -0.0493. The van der Waals surface area contributed by atoms with E-state index in [0.29, 0.717) is 0 Å². The Labute approximate surface area is 138 Å². The van der Waals surface area contributed by atoms with Gasteiger partial charge in [0.15, 0.2) is 5.89 Å². The van der Waals surface area contributed by atoms with Gasteiger partial charge in [0.25, 0.3) is 0 Å². The van der Waals surface area contributed by atoms with Gasteiger partial charge in [-0.1, -0.05) is 30.3 Å². The maximum absolute atomic E-state index is 10.1. The smallest absolute Gasteiger partial charge is 0.191 e. The number of piperidine rings is 1. The molecule has 1 atom stereocenters. The van der Waals surface area contributed by atoms with Gasteiger partial charge in [0.05, 0.1) is 12.3 Å². The van der Waals surface area contributed by atoms with Gasteiger partial charge in [-0.05, 0) is 38.3 Å². The summed E-state index contributed by atoms with van der Waals surface area (Å²) < 4.78 is 5.54. The van der Waals surface area contributed by atoms with Gasteiger partial charge in [0.2, 0.25) is 0 Å². The van der Waals surface area contributed by atoms with E-state index in [9.17, 15) is 5.11 Å². The van der Waals surface area contributed by atoms with Gasteiger partial charge < -0.3 is 9.52 Å². The normalized spacial score (nSPS) is 22.4. The van der Waals surface area contributed by atoms with Gasteiger partial charge in [-0.15, -0.1) is 0 Å². The Hall–Kier alpha value is -1.65. The van der Waals surface area contributed by atoms with Crippen molar-refractivity contribution in [3.8, 4) is 0 Å². The molecule has 0 amide bonds. The summed E-state index contributed by atoms with van der Waals surface area (Å²) in [5, 5.41) is 10.1. The third-order valence-corrected chi connectivity index (χ3v) is 4.87. The number of hydrogen-bond donors (Lipinski definition) is 1. The van der Waals surface area contributed by atoms with E-state index in [4.69, 9.17) is 4.42 Å². The van der Waals surface area contributed by atoms with Crippen molar-refractivity contribution in [2.75, 3.05) is 19.7 Å². The van der Waals surface area contributed by atoms with Crippen molar-refractivity contribution in [3.05, 3.63) is 53.2 Å². The molecule has 3 rings (SSSR count). The van der Waals surface area contributed by atoms with E-state index >= 15 is 0 Å². The number of nitrogens with zero attached hydrogens (tertiary/aromatic N) is 2. The number of aryl methyl sites for hydroxylation is 2. The molecule has 0 saturated carbocycles. The predicted octanol–water partition coefficient (Wildman–Crippen LogP) is 3.11. The summed E-state index contributed by atoms with van der Waals surface area (Å²) in [5.74, 6) is 1.64. The van der Waals surface area contributed by atoms with Gasteiger partial charge in [-0.2, -0.15) is 0 Å². The summed E-state index contributed by atoms with van der Waals surface area (Å²) in [7, 11) is 0. The SMILES string of the molecule is Cc1nc(CN2CCCC(CO)(Cc3ccccc3)C2)c(C)o1. The van der Waals surface area contributed by atoms with E-state index in [-0.39, 0.29) is 12.0 Å². The summed E-state index contributed by atoms with van der Waals surface area (Å²) in [6.07, 6.45) is 3.12. The van der Waals surface area contributed by atoms with E-state index < -0.39 is 0 Å². The Bertz CT molecular complexity index is 638. The van der Waals surface area contributed by atoms with Crippen molar-refractivity contribution < 1.29 is 9.52 Å². The van der Waals surface area contributed by atoms with E-state index in [1.54, 1.807) is 0 Å². The molecule has 1 unspecified atom stereocenters. The quantitative estimate of drug-likeness (QED) is 0.921. The highest BCUT2D eigenvalue weighted by molar-refractivity contribution is 5.17. The molecule has 1 fully saturated rings. The second-order valence-electron chi connectivity index (χ2n) is 6.87. The Morgan fingerprint density at radius 1 is 1.26 bits per heavy atom. The first-order valence-corrected chi connectivity index (χ1v) is 8.40. The zero-order valence-corrected chi connectivity index (χ0v) is 14.1. The first kappa shape index (κ1) is 16.2. The molecule has 0 bridgehead atoms. The van der Waals surface area contributed by atoms with Crippen LogP contribution < -0.4 is 0 Å². The number of benzene rings is 1. The lowest BCUT2D eigenvalue weighted by atomic mass is 9.75. The number of rotatable bonds is 5. The summed E-state index contributed by atoms with van der Waals surface area (Å²) in [6, 6.07) is 10.5. The van der Waals surface area contributed by atoms with Crippen molar-refractivity contribution in [3.63, 3.8) is 0 Å². The van der Waals surface area contributed by atoms with Crippen LogP contribution in [0.25, 0.3) is 0 Å². The fourth-order valence-electron chi connectivity index (χ4n) is 3.73. The molecule has 4 nitrogen and oxygen atoms in total.